The van der Waals surface area contributed by atoms with Gasteiger partial charge < -0.3 is 24.4 Å². The Labute approximate surface area is 167 Å². The number of nitrogens with one attached hydrogen (secondary N) is 1. The number of aryl methyl sites for hydroxylation is 1. The van der Waals surface area contributed by atoms with Crippen molar-refractivity contribution >= 4 is 11.9 Å². The monoisotopic (exact) mass is 391 g/mol. The van der Waals surface area contributed by atoms with Crippen LogP contribution < -0.4 is 5.32 Å². The Morgan fingerprint density at radius 2 is 2.07 bits per heavy atom. The maximum atomic E-state index is 12.5. The first-order valence-electron chi connectivity index (χ1n) is 10.5. The maximum Gasteiger partial charge on any atom is 0.251 e. The quantitative estimate of drug-likeness (QED) is 0.539. The van der Waals surface area contributed by atoms with Crippen molar-refractivity contribution in [3.63, 3.8) is 0 Å². The number of guanidine groups is 1. The van der Waals surface area contributed by atoms with Crippen LogP contribution in [-0.4, -0.2) is 88.4 Å². The highest BCUT2D eigenvalue weighted by Crippen LogP contribution is 2.16. The van der Waals surface area contributed by atoms with Gasteiger partial charge in [-0.2, -0.15) is 0 Å². The molecule has 0 spiro atoms. The first-order chi connectivity index (χ1) is 13.7. The Morgan fingerprint density at radius 3 is 2.75 bits per heavy atom. The number of aliphatic imine (C=N–C) groups is 1. The molecular weight excluding hydrogens is 358 g/mol. The molecule has 0 aliphatic carbocycles. The van der Waals surface area contributed by atoms with E-state index in [1.165, 1.54) is 0 Å². The number of piperazine rings is 1. The number of hydrogen-bond acceptors (Lipinski definition) is 5. The van der Waals surface area contributed by atoms with Gasteiger partial charge in [-0.3, -0.25) is 9.79 Å². The smallest absolute Gasteiger partial charge is 0.251 e. The van der Waals surface area contributed by atoms with Crippen molar-refractivity contribution in [1.29, 1.82) is 0 Å². The number of ether oxygens (including phenoxy) is 1. The van der Waals surface area contributed by atoms with Gasteiger partial charge in [-0.25, -0.2) is 0 Å². The van der Waals surface area contributed by atoms with Crippen LogP contribution in [0.3, 0.4) is 0 Å². The maximum absolute atomic E-state index is 12.5. The fraction of sp³-hybridized carbons (Fsp3) is 0.789. The zero-order valence-electron chi connectivity index (χ0n) is 17.1. The summed E-state index contributed by atoms with van der Waals surface area (Å²) < 4.78 is 7.62. The lowest BCUT2D eigenvalue weighted by Crippen LogP contribution is -2.55. The van der Waals surface area contributed by atoms with Gasteiger partial charge in [-0.05, 0) is 19.3 Å². The van der Waals surface area contributed by atoms with Crippen molar-refractivity contribution in [1.82, 2.24) is 29.9 Å². The van der Waals surface area contributed by atoms with E-state index in [2.05, 4.69) is 38.8 Å². The number of nitrogens with zero attached hydrogens (tertiary/aromatic N) is 6. The van der Waals surface area contributed by atoms with Crippen molar-refractivity contribution < 1.29 is 9.53 Å². The summed E-state index contributed by atoms with van der Waals surface area (Å²) in [6.45, 7) is 10.3. The number of hydrogen-bond donors (Lipinski definition) is 1. The molecule has 0 bridgehead atoms. The van der Waals surface area contributed by atoms with E-state index in [9.17, 15) is 4.79 Å². The Balaban J connectivity index is 1.50. The van der Waals surface area contributed by atoms with E-state index in [-0.39, 0.29) is 12.0 Å². The first-order valence-corrected chi connectivity index (χ1v) is 10.5. The van der Waals surface area contributed by atoms with Crippen molar-refractivity contribution in [2.45, 2.75) is 52.2 Å². The molecule has 2 saturated heterocycles. The van der Waals surface area contributed by atoms with Crippen molar-refractivity contribution in [3.8, 4) is 0 Å². The molecule has 1 amide bonds. The lowest BCUT2D eigenvalue weighted by atomic mass is 10.2. The number of aromatic nitrogens is 3. The number of carbonyl (C=O) groups excluding carboxylic acids is 1. The highest BCUT2D eigenvalue weighted by molar-refractivity contribution is 5.82. The van der Waals surface area contributed by atoms with Gasteiger partial charge >= 0.3 is 0 Å². The second-order valence-electron chi connectivity index (χ2n) is 7.24. The van der Waals surface area contributed by atoms with Crippen LogP contribution in [0.15, 0.2) is 11.3 Å². The molecule has 9 heteroatoms. The third-order valence-corrected chi connectivity index (χ3v) is 5.23. The minimum absolute atomic E-state index is 0.150. The average molecular weight is 392 g/mol. The van der Waals surface area contributed by atoms with Crippen molar-refractivity contribution in [2.75, 3.05) is 45.9 Å². The third kappa shape index (κ3) is 5.21. The summed E-state index contributed by atoms with van der Waals surface area (Å²) in [5.41, 5.74) is 0. The predicted octanol–water partition coefficient (Wildman–Crippen LogP) is 0.519. The SMILES string of the molecule is CCCN=C(NCCn1cnnc1CC)N1CCN(C(=O)C2CCCO2)CC1. The third-order valence-electron chi connectivity index (χ3n) is 5.23. The summed E-state index contributed by atoms with van der Waals surface area (Å²) in [7, 11) is 0. The van der Waals surface area contributed by atoms with Gasteiger partial charge in [0, 0.05) is 58.8 Å². The Hall–Kier alpha value is -2.16. The molecule has 1 aromatic heterocycles. The summed E-state index contributed by atoms with van der Waals surface area (Å²) in [6.07, 6.45) is 5.27. The van der Waals surface area contributed by atoms with Crippen LogP contribution in [-0.2, 0) is 22.5 Å². The van der Waals surface area contributed by atoms with E-state index >= 15 is 0 Å². The topological polar surface area (TPSA) is 87.9 Å². The van der Waals surface area contributed by atoms with Gasteiger partial charge in [0.15, 0.2) is 5.96 Å². The molecule has 1 unspecified atom stereocenters. The Bertz CT molecular complexity index is 646. The van der Waals surface area contributed by atoms with Gasteiger partial charge in [0.2, 0.25) is 0 Å². The standard InChI is InChI=1S/C19H33N7O2/c1-3-7-20-19(21-8-9-26-15-22-23-17(26)4-2)25-12-10-24(11-13-25)18(27)16-6-5-14-28-16/h15-16H,3-14H2,1-2H3,(H,20,21). The fourth-order valence-electron chi connectivity index (χ4n) is 3.63. The molecule has 1 atom stereocenters. The fourth-order valence-corrected chi connectivity index (χ4v) is 3.63. The van der Waals surface area contributed by atoms with E-state index < -0.39 is 0 Å². The van der Waals surface area contributed by atoms with Crippen molar-refractivity contribution in [2.24, 2.45) is 4.99 Å². The van der Waals surface area contributed by atoms with E-state index in [0.29, 0.717) is 6.61 Å². The zero-order chi connectivity index (χ0) is 19.8. The number of carbonyl (C=O) groups is 1. The van der Waals surface area contributed by atoms with Crippen LogP contribution in [0.25, 0.3) is 0 Å². The first kappa shape index (κ1) is 20.6. The normalized spacial score (nSPS) is 20.6. The minimum Gasteiger partial charge on any atom is -0.368 e. The number of rotatable bonds is 7. The molecule has 156 valence electrons. The molecule has 0 aromatic carbocycles. The van der Waals surface area contributed by atoms with Crippen LogP contribution >= 0.6 is 0 Å². The lowest BCUT2D eigenvalue weighted by Gasteiger charge is -2.37. The number of amides is 1. The highest BCUT2D eigenvalue weighted by atomic mass is 16.5. The molecule has 2 aliphatic heterocycles. The average Bonchev–Trinajstić information content (AvgIpc) is 3.42. The Kier molecular flexibility index (Phi) is 7.64. The van der Waals surface area contributed by atoms with E-state index in [0.717, 1.165) is 83.3 Å². The van der Waals surface area contributed by atoms with Crippen LogP contribution in [0.1, 0.15) is 38.9 Å². The molecule has 28 heavy (non-hydrogen) atoms. The van der Waals surface area contributed by atoms with E-state index in [4.69, 9.17) is 9.73 Å². The highest BCUT2D eigenvalue weighted by Gasteiger charge is 2.30. The molecule has 1 aromatic rings. The van der Waals surface area contributed by atoms with Crippen LogP contribution in [0, 0.1) is 0 Å². The van der Waals surface area contributed by atoms with Crippen LogP contribution in [0.2, 0.25) is 0 Å². The molecule has 2 aliphatic rings. The predicted molar refractivity (Wildman–Crippen MR) is 107 cm³/mol. The van der Waals surface area contributed by atoms with Gasteiger partial charge in [0.05, 0.1) is 0 Å². The second-order valence-corrected chi connectivity index (χ2v) is 7.24. The Morgan fingerprint density at radius 1 is 1.29 bits per heavy atom. The van der Waals surface area contributed by atoms with E-state index in [1.807, 2.05) is 4.90 Å². The van der Waals surface area contributed by atoms with E-state index in [1.54, 1.807) is 6.33 Å². The lowest BCUT2D eigenvalue weighted by molar-refractivity contribution is -0.142. The zero-order valence-corrected chi connectivity index (χ0v) is 17.1. The van der Waals surface area contributed by atoms with Gasteiger partial charge in [0.25, 0.3) is 5.91 Å². The van der Waals surface area contributed by atoms with Gasteiger partial charge in [0.1, 0.15) is 18.3 Å². The van der Waals surface area contributed by atoms with Crippen LogP contribution in [0.5, 0.6) is 0 Å². The molecule has 1 N–H and O–H groups in total. The summed E-state index contributed by atoms with van der Waals surface area (Å²) in [5.74, 6) is 2.07. The van der Waals surface area contributed by atoms with Crippen molar-refractivity contribution in [3.05, 3.63) is 12.2 Å². The summed E-state index contributed by atoms with van der Waals surface area (Å²) >= 11 is 0. The molecule has 2 fully saturated rings. The minimum atomic E-state index is -0.227. The molecule has 3 rings (SSSR count). The van der Waals surface area contributed by atoms with Gasteiger partial charge in [-0.15, -0.1) is 10.2 Å². The second kappa shape index (κ2) is 10.4. The molecule has 0 saturated carbocycles. The van der Waals surface area contributed by atoms with Gasteiger partial charge in [-0.1, -0.05) is 13.8 Å². The largest absolute Gasteiger partial charge is 0.368 e. The summed E-state index contributed by atoms with van der Waals surface area (Å²) in [5, 5.41) is 11.6. The summed E-state index contributed by atoms with van der Waals surface area (Å²) in [6, 6.07) is 0. The molecule has 9 nitrogen and oxygen atoms in total. The van der Waals surface area contributed by atoms with Crippen LogP contribution in [0.4, 0.5) is 0 Å². The molecule has 3 heterocycles. The molecular formula is C19H33N7O2. The summed E-state index contributed by atoms with van der Waals surface area (Å²) in [4.78, 5) is 21.5. The molecule has 0 radical (unpaired) electrons.